The zero-order chi connectivity index (χ0) is 12.3. The summed E-state index contributed by atoms with van der Waals surface area (Å²) in [5, 5.41) is 9.33. The zero-order valence-corrected chi connectivity index (χ0v) is 8.58. The molecular weight excluding hydrogens is 221 g/mol. The lowest BCUT2D eigenvalue weighted by atomic mass is 10.0. The van der Waals surface area contributed by atoms with Gasteiger partial charge < -0.3 is 5.11 Å². The van der Waals surface area contributed by atoms with E-state index in [1.165, 1.54) is 31.2 Å². The number of Topliss-reactive ketones (excluding diaryl/α,β-unsaturated/α-hetero) is 1. The van der Waals surface area contributed by atoms with Crippen molar-refractivity contribution in [3.8, 4) is 0 Å². The zero-order valence-electron chi connectivity index (χ0n) is 8.58. The largest absolute Gasteiger partial charge is 0.391 e. The molecule has 16 heavy (non-hydrogen) atoms. The Labute approximate surface area is 90.7 Å². The predicted octanol–water partition coefficient (Wildman–Crippen LogP) is 2.88. The van der Waals surface area contributed by atoms with E-state index in [0.717, 1.165) is 0 Å². The molecule has 1 atom stereocenters. The summed E-state index contributed by atoms with van der Waals surface area (Å²) in [6.45, 7) is 1.31. The second-order valence-electron chi connectivity index (χ2n) is 3.52. The minimum atomic E-state index is -4.42. The van der Waals surface area contributed by atoms with Gasteiger partial charge in [0.25, 0.3) is 0 Å². The van der Waals surface area contributed by atoms with E-state index >= 15 is 0 Å². The van der Waals surface area contributed by atoms with Crippen molar-refractivity contribution in [3.63, 3.8) is 0 Å². The Morgan fingerprint density at radius 3 is 2.56 bits per heavy atom. The molecule has 1 aromatic rings. The smallest absolute Gasteiger partial charge is 0.388 e. The van der Waals surface area contributed by atoms with Crippen LogP contribution in [0.1, 0.15) is 35.4 Å². The first-order valence-electron chi connectivity index (χ1n) is 4.65. The lowest BCUT2D eigenvalue weighted by molar-refractivity contribution is -0.154. The van der Waals surface area contributed by atoms with Gasteiger partial charge in [-0.1, -0.05) is 18.2 Å². The molecule has 1 N–H and O–H groups in total. The molecule has 0 radical (unpaired) electrons. The molecule has 0 bridgehead atoms. The van der Waals surface area contributed by atoms with Crippen LogP contribution < -0.4 is 0 Å². The van der Waals surface area contributed by atoms with Crippen LogP contribution in [0.25, 0.3) is 0 Å². The molecule has 1 unspecified atom stereocenters. The SMILES string of the molecule is CC(=O)c1cccc(C(O)CC(F)(F)F)c1. The van der Waals surface area contributed by atoms with Crippen LogP contribution >= 0.6 is 0 Å². The van der Waals surface area contributed by atoms with E-state index in [1.54, 1.807) is 0 Å². The van der Waals surface area contributed by atoms with Gasteiger partial charge in [-0.05, 0) is 18.6 Å². The van der Waals surface area contributed by atoms with Gasteiger partial charge in [-0.25, -0.2) is 0 Å². The summed E-state index contributed by atoms with van der Waals surface area (Å²) >= 11 is 0. The lowest BCUT2D eigenvalue weighted by Crippen LogP contribution is -2.13. The van der Waals surface area contributed by atoms with Gasteiger partial charge >= 0.3 is 6.18 Å². The topological polar surface area (TPSA) is 37.3 Å². The number of hydrogen-bond donors (Lipinski definition) is 1. The molecule has 0 saturated carbocycles. The number of rotatable bonds is 3. The maximum atomic E-state index is 12.0. The Balaban J connectivity index is 2.87. The second kappa shape index (κ2) is 4.65. The molecule has 0 amide bonds. The summed E-state index contributed by atoms with van der Waals surface area (Å²) < 4.78 is 36.1. The van der Waals surface area contributed by atoms with E-state index in [-0.39, 0.29) is 11.3 Å². The first-order chi connectivity index (χ1) is 7.29. The summed E-state index contributed by atoms with van der Waals surface area (Å²) in [4.78, 5) is 11.0. The third-order valence-electron chi connectivity index (χ3n) is 2.10. The lowest BCUT2D eigenvalue weighted by Gasteiger charge is -2.13. The number of ketones is 1. The van der Waals surface area contributed by atoms with E-state index < -0.39 is 18.7 Å². The first kappa shape index (κ1) is 12.7. The van der Waals surface area contributed by atoms with Crippen LogP contribution in [0.4, 0.5) is 13.2 Å². The number of halogens is 3. The number of aliphatic hydroxyl groups excluding tert-OH is 1. The van der Waals surface area contributed by atoms with Crippen molar-refractivity contribution in [2.24, 2.45) is 0 Å². The third-order valence-corrected chi connectivity index (χ3v) is 2.10. The predicted molar refractivity (Wildman–Crippen MR) is 52.1 cm³/mol. The molecule has 0 aliphatic carbocycles. The maximum Gasteiger partial charge on any atom is 0.391 e. The Kier molecular flexibility index (Phi) is 3.70. The van der Waals surface area contributed by atoms with Crippen LogP contribution in [0.5, 0.6) is 0 Å². The summed E-state index contributed by atoms with van der Waals surface area (Å²) in [6.07, 6.45) is -7.36. The summed E-state index contributed by atoms with van der Waals surface area (Å²) in [7, 11) is 0. The van der Waals surface area contributed by atoms with Gasteiger partial charge in [0.15, 0.2) is 5.78 Å². The van der Waals surface area contributed by atoms with E-state index in [1.807, 2.05) is 0 Å². The maximum absolute atomic E-state index is 12.0. The van der Waals surface area contributed by atoms with Crippen molar-refractivity contribution in [2.75, 3.05) is 0 Å². The van der Waals surface area contributed by atoms with Crippen molar-refractivity contribution >= 4 is 5.78 Å². The molecule has 0 aromatic heterocycles. The normalized spacial score (nSPS) is 13.6. The average molecular weight is 232 g/mol. The molecule has 1 rings (SSSR count). The molecule has 0 saturated heterocycles. The van der Waals surface area contributed by atoms with Crippen LogP contribution in [0, 0.1) is 0 Å². The Bertz CT molecular complexity index is 385. The van der Waals surface area contributed by atoms with Gasteiger partial charge in [0.2, 0.25) is 0 Å². The Hall–Kier alpha value is -1.36. The molecule has 5 heteroatoms. The highest BCUT2D eigenvalue weighted by atomic mass is 19.4. The van der Waals surface area contributed by atoms with Gasteiger partial charge in [0.05, 0.1) is 12.5 Å². The molecule has 0 aliphatic heterocycles. The number of carbonyl (C=O) groups is 1. The molecule has 0 aliphatic rings. The summed E-state index contributed by atoms with van der Waals surface area (Å²) in [5.41, 5.74) is 0.392. The fourth-order valence-electron chi connectivity index (χ4n) is 1.30. The fraction of sp³-hybridized carbons (Fsp3) is 0.364. The van der Waals surface area contributed by atoms with Crippen LogP contribution in [0.15, 0.2) is 24.3 Å². The second-order valence-corrected chi connectivity index (χ2v) is 3.52. The van der Waals surface area contributed by atoms with Crippen LogP contribution in [-0.2, 0) is 0 Å². The highest BCUT2D eigenvalue weighted by molar-refractivity contribution is 5.94. The van der Waals surface area contributed by atoms with Gasteiger partial charge in [-0.2, -0.15) is 13.2 Å². The van der Waals surface area contributed by atoms with Gasteiger partial charge in [-0.15, -0.1) is 0 Å². The summed E-state index contributed by atoms with van der Waals surface area (Å²) in [5.74, 6) is -0.249. The van der Waals surface area contributed by atoms with Crippen LogP contribution in [-0.4, -0.2) is 17.1 Å². The molecule has 2 nitrogen and oxygen atoms in total. The van der Waals surface area contributed by atoms with Gasteiger partial charge in [0.1, 0.15) is 0 Å². The quantitative estimate of drug-likeness (QED) is 0.813. The number of benzene rings is 1. The van der Waals surface area contributed by atoms with E-state index in [2.05, 4.69) is 0 Å². The van der Waals surface area contributed by atoms with Crippen LogP contribution in [0.3, 0.4) is 0 Å². The van der Waals surface area contributed by atoms with Crippen molar-refractivity contribution in [2.45, 2.75) is 25.6 Å². The summed E-state index contributed by atoms with van der Waals surface area (Å²) in [6, 6.07) is 5.58. The van der Waals surface area contributed by atoms with Crippen LogP contribution in [0.2, 0.25) is 0 Å². The molecule has 0 spiro atoms. The minimum absolute atomic E-state index is 0.102. The van der Waals surface area contributed by atoms with Crippen molar-refractivity contribution in [1.82, 2.24) is 0 Å². The van der Waals surface area contributed by atoms with Crippen molar-refractivity contribution < 1.29 is 23.1 Å². The van der Waals surface area contributed by atoms with Gasteiger partial charge in [-0.3, -0.25) is 4.79 Å². The minimum Gasteiger partial charge on any atom is -0.388 e. The van der Waals surface area contributed by atoms with E-state index in [4.69, 9.17) is 0 Å². The van der Waals surface area contributed by atoms with E-state index in [0.29, 0.717) is 5.56 Å². The Morgan fingerprint density at radius 2 is 2.06 bits per heavy atom. The number of aliphatic hydroxyl groups is 1. The fourth-order valence-corrected chi connectivity index (χ4v) is 1.30. The molecule has 0 heterocycles. The number of carbonyl (C=O) groups excluding carboxylic acids is 1. The van der Waals surface area contributed by atoms with Gasteiger partial charge in [0, 0.05) is 5.56 Å². The van der Waals surface area contributed by atoms with Crippen molar-refractivity contribution in [1.29, 1.82) is 0 Å². The van der Waals surface area contributed by atoms with Crippen molar-refractivity contribution in [3.05, 3.63) is 35.4 Å². The molecule has 0 fully saturated rings. The first-order valence-corrected chi connectivity index (χ1v) is 4.65. The number of alkyl halides is 3. The standard InChI is InChI=1S/C11H11F3O2/c1-7(15)8-3-2-4-9(5-8)10(16)6-11(12,13)14/h2-5,10,16H,6H2,1H3. The van der Waals surface area contributed by atoms with E-state index in [9.17, 15) is 23.1 Å². The highest BCUT2D eigenvalue weighted by Crippen LogP contribution is 2.29. The third kappa shape index (κ3) is 3.66. The Morgan fingerprint density at radius 1 is 1.44 bits per heavy atom. The monoisotopic (exact) mass is 232 g/mol. The highest BCUT2D eigenvalue weighted by Gasteiger charge is 2.31. The molecule has 88 valence electrons. The average Bonchev–Trinajstić information content (AvgIpc) is 2.15. The molecular formula is C11H11F3O2. The molecule has 1 aromatic carbocycles. The number of hydrogen-bond acceptors (Lipinski definition) is 2.